The molecule has 1 aliphatic heterocycles. The van der Waals surface area contributed by atoms with Crippen LogP contribution in [-0.4, -0.2) is 66.0 Å². The number of fused-ring (bicyclic) bond motifs is 1. The summed E-state index contributed by atoms with van der Waals surface area (Å²) in [4.78, 5) is 51.1. The summed E-state index contributed by atoms with van der Waals surface area (Å²) < 4.78 is 33.0. The molecule has 2 heterocycles. The largest absolute Gasteiger partial charge is 0.463 e. The minimum Gasteiger partial charge on any atom is -0.463 e. The quantitative estimate of drug-likeness (QED) is 0.459. The molecule has 1 saturated heterocycles. The van der Waals surface area contributed by atoms with Crippen molar-refractivity contribution < 1.29 is 47.3 Å². The van der Waals surface area contributed by atoms with Gasteiger partial charge in [-0.3, -0.25) is 19.2 Å². The van der Waals surface area contributed by atoms with Gasteiger partial charge >= 0.3 is 24.0 Å². The number of ether oxygens (including phenoxy) is 5. The molecule has 1 N–H and O–H groups in total. The first-order chi connectivity index (χ1) is 15.6. The number of esters is 3. The molecule has 5 atom stereocenters. The van der Waals surface area contributed by atoms with E-state index in [-0.39, 0.29) is 12.7 Å². The van der Waals surface area contributed by atoms with Gasteiger partial charge in [-0.15, -0.1) is 0 Å². The molecule has 33 heavy (non-hydrogen) atoms. The summed E-state index contributed by atoms with van der Waals surface area (Å²) in [6.45, 7) is 4.41. The molecular weight excluding hydrogens is 440 g/mol. The number of carbonyl (C=O) groups is 4. The van der Waals surface area contributed by atoms with E-state index in [1.165, 1.54) is 13.8 Å². The van der Waals surface area contributed by atoms with Gasteiger partial charge in [0.1, 0.15) is 24.3 Å². The lowest BCUT2D eigenvalue weighted by Gasteiger charge is -2.44. The van der Waals surface area contributed by atoms with E-state index < -0.39 is 54.5 Å². The standard InChI is InChI=1S/C21H24N2O10/c1-10(24)22-17-19(30-13(4)27)18(29-12(3)26)16(9-28-11(2)25)31-20(17)33-21-23-14-7-5-6-8-15(14)32-21/h5-8,16-20H,9H2,1-4H3,(H,22,24)/t16?,17-,18?,19?,20?/m1/s1. The highest BCUT2D eigenvalue weighted by Crippen LogP contribution is 2.30. The van der Waals surface area contributed by atoms with Gasteiger partial charge in [0, 0.05) is 27.7 Å². The van der Waals surface area contributed by atoms with Gasteiger partial charge in [-0.2, -0.15) is 4.98 Å². The number of para-hydroxylation sites is 2. The second kappa shape index (κ2) is 10.3. The minimum absolute atomic E-state index is 0.171. The SMILES string of the molecule is CC(=O)N[C@H]1C(Oc2nc3ccccc3o2)OC(COC(C)=O)C(OC(C)=O)C1OC(C)=O. The van der Waals surface area contributed by atoms with Crippen LogP contribution >= 0.6 is 0 Å². The van der Waals surface area contributed by atoms with E-state index in [0.717, 1.165) is 13.8 Å². The zero-order chi connectivity index (χ0) is 24.1. The van der Waals surface area contributed by atoms with Crippen LogP contribution in [0.15, 0.2) is 28.7 Å². The van der Waals surface area contributed by atoms with Crippen LogP contribution in [0.25, 0.3) is 11.1 Å². The van der Waals surface area contributed by atoms with E-state index in [4.69, 9.17) is 28.1 Å². The summed E-state index contributed by atoms with van der Waals surface area (Å²) in [5, 5.41) is 2.60. The maximum atomic E-state index is 11.9. The summed E-state index contributed by atoms with van der Waals surface area (Å²) in [6.07, 6.45) is -5.03. The predicted octanol–water partition coefficient (Wildman–Crippen LogP) is 0.863. The maximum Gasteiger partial charge on any atom is 0.397 e. The molecule has 0 saturated carbocycles. The summed E-state index contributed by atoms with van der Waals surface area (Å²) >= 11 is 0. The third kappa shape index (κ3) is 6.19. The van der Waals surface area contributed by atoms with Crippen molar-refractivity contribution in [3.63, 3.8) is 0 Å². The predicted molar refractivity (Wildman–Crippen MR) is 109 cm³/mol. The van der Waals surface area contributed by atoms with Crippen LogP contribution in [0.3, 0.4) is 0 Å². The Bertz CT molecular complexity index is 1000. The number of nitrogens with one attached hydrogen (secondary N) is 1. The highest BCUT2D eigenvalue weighted by molar-refractivity contribution is 5.74. The fourth-order valence-corrected chi connectivity index (χ4v) is 3.39. The Hall–Kier alpha value is -3.67. The molecular formula is C21H24N2O10. The zero-order valence-electron chi connectivity index (χ0n) is 18.4. The van der Waals surface area contributed by atoms with Gasteiger partial charge in [0.2, 0.25) is 12.2 Å². The number of amides is 1. The molecule has 1 aromatic carbocycles. The maximum absolute atomic E-state index is 11.9. The van der Waals surface area contributed by atoms with Crippen molar-refractivity contribution in [2.45, 2.75) is 58.3 Å². The van der Waals surface area contributed by atoms with E-state index in [0.29, 0.717) is 11.1 Å². The summed E-state index contributed by atoms with van der Waals surface area (Å²) in [5.74, 6) is -2.51. The molecule has 178 valence electrons. The van der Waals surface area contributed by atoms with E-state index in [1.807, 2.05) is 0 Å². The summed E-state index contributed by atoms with van der Waals surface area (Å²) in [5.41, 5.74) is 0.968. The molecule has 0 bridgehead atoms. The lowest BCUT2D eigenvalue weighted by Crippen LogP contribution is -2.67. The first-order valence-electron chi connectivity index (χ1n) is 10.1. The molecule has 1 amide bonds. The van der Waals surface area contributed by atoms with Crippen LogP contribution in [0.1, 0.15) is 27.7 Å². The van der Waals surface area contributed by atoms with Gasteiger partial charge in [0.15, 0.2) is 17.8 Å². The van der Waals surface area contributed by atoms with Crippen LogP contribution in [0.5, 0.6) is 6.08 Å². The number of hydrogen-bond acceptors (Lipinski definition) is 11. The Labute approximate surface area is 188 Å². The molecule has 1 aliphatic rings. The number of rotatable bonds is 7. The Morgan fingerprint density at radius 1 is 0.970 bits per heavy atom. The number of aromatic nitrogens is 1. The number of nitrogens with zero attached hydrogens (tertiary/aromatic N) is 1. The normalized spacial score (nSPS) is 24.5. The highest BCUT2D eigenvalue weighted by Gasteiger charge is 2.52. The van der Waals surface area contributed by atoms with Gasteiger partial charge in [0.25, 0.3) is 0 Å². The van der Waals surface area contributed by atoms with Crippen LogP contribution in [0.2, 0.25) is 0 Å². The third-order valence-electron chi connectivity index (χ3n) is 4.56. The lowest BCUT2D eigenvalue weighted by atomic mass is 9.96. The molecule has 0 aliphatic carbocycles. The summed E-state index contributed by atoms with van der Waals surface area (Å²) in [6, 6.07) is 5.79. The van der Waals surface area contributed by atoms with Gasteiger partial charge in [0.05, 0.1) is 0 Å². The van der Waals surface area contributed by atoms with Crippen molar-refractivity contribution >= 4 is 34.9 Å². The Kier molecular flexibility index (Phi) is 7.48. The Balaban J connectivity index is 1.98. The molecule has 0 radical (unpaired) electrons. The van der Waals surface area contributed by atoms with Gasteiger partial charge < -0.3 is 33.4 Å². The topological polar surface area (TPSA) is 152 Å². The second-order valence-corrected chi connectivity index (χ2v) is 7.29. The molecule has 3 rings (SSSR count). The first kappa shape index (κ1) is 24.0. The first-order valence-corrected chi connectivity index (χ1v) is 10.1. The number of hydrogen-bond donors (Lipinski definition) is 1. The average molecular weight is 464 g/mol. The lowest BCUT2D eigenvalue weighted by molar-refractivity contribution is -0.259. The van der Waals surface area contributed by atoms with E-state index in [1.54, 1.807) is 24.3 Å². The van der Waals surface area contributed by atoms with Crippen molar-refractivity contribution in [2.75, 3.05) is 6.61 Å². The van der Waals surface area contributed by atoms with Crippen molar-refractivity contribution in [3.05, 3.63) is 24.3 Å². The molecule has 1 fully saturated rings. The fraction of sp³-hybridized carbons (Fsp3) is 0.476. The van der Waals surface area contributed by atoms with Crippen molar-refractivity contribution in [1.29, 1.82) is 0 Å². The molecule has 0 spiro atoms. The third-order valence-corrected chi connectivity index (χ3v) is 4.56. The van der Waals surface area contributed by atoms with E-state index in [9.17, 15) is 19.2 Å². The van der Waals surface area contributed by atoms with Gasteiger partial charge in [-0.25, -0.2) is 0 Å². The van der Waals surface area contributed by atoms with E-state index >= 15 is 0 Å². The fourth-order valence-electron chi connectivity index (χ4n) is 3.39. The van der Waals surface area contributed by atoms with Crippen molar-refractivity contribution in [3.8, 4) is 6.08 Å². The Morgan fingerprint density at radius 3 is 2.24 bits per heavy atom. The average Bonchev–Trinajstić information content (AvgIpc) is 3.12. The monoisotopic (exact) mass is 464 g/mol. The zero-order valence-corrected chi connectivity index (χ0v) is 18.4. The summed E-state index contributed by atoms with van der Waals surface area (Å²) in [7, 11) is 0. The highest BCUT2D eigenvalue weighted by atomic mass is 16.7. The van der Waals surface area contributed by atoms with Crippen LogP contribution in [0, 0.1) is 0 Å². The minimum atomic E-state index is -1.31. The number of carbonyl (C=O) groups excluding carboxylic acids is 4. The molecule has 12 heteroatoms. The molecule has 12 nitrogen and oxygen atoms in total. The van der Waals surface area contributed by atoms with Crippen LogP contribution in [-0.2, 0) is 38.1 Å². The van der Waals surface area contributed by atoms with Crippen LogP contribution in [0.4, 0.5) is 0 Å². The molecule has 2 aromatic rings. The smallest absolute Gasteiger partial charge is 0.397 e. The second-order valence-electron chi connectivity index (χ2n) is 7.29. The molecule has 1 aromatic heterocycles. The Morgan fingerprint density at radius 2 is 1.64 bits per heavy atom. The van der Waals surface area contributed by atoms with Crippen molar-refractivity contribution in [2.24, 2.45) is 0 Å². The van der Waals surface area contributed by atoms with Crippen LogP contribution < -0.4 is 10.1 Å². The van der Waals surface area contributed by atoms with E-state index in [2.05, 4.69) is 10.3 Å². The van der Waals surface area contributed by atoms with Crippen molar-refractivity contribution in [1.82, 2.24) is 10.3 Å². The van der Waals surface area contributed by atoms with Gasteiger partial charge in [-0.05, 0) is 12.1 Å². The van der Waals surface area contributed by atoms with Gasteiger partial charge in [-0.1, -0.05) is 12.1 Å². The number of oxazole rings is 1. The molecule has 4 unspecified atom stereocenters. The number of benzene rings is 1.